The Kier molecular flexibility index (Phi) is 3.13. The van der Waals surface area contributed by atoms with E-state index in [9.17, 15) is 0 Å². The first kappa shape index (κ1) is 12.1. The van der Waals surface area contributed by atoms with Gasteiger partial charge in [-0.05, 0) is 31.2 Å². The molecule has 0 fully saturated rings. The number of benzene rings is 2. The van der Waals surface area contributed by atoms with Crippen LogP contribution in [0.1, 0.15) is 18.9 Å². The van der Waals surface area contributed by atoms with Crippen LogP contribution in [0.4, 0.5) is 0 Å². The van der Waals surface area contributed by atoms with E-state index < -0.39 is 0 Å². The summed E-state index contributed by atoms with van der Waals surface area (Å²) in [5.74, 6) is 1.46. The molecule has 4 heteroatoms. The van der Waals surface area contributed by atoms with E-state index in [-0.39, 0.29) is 6.10 Å². The van der Waals surface area contributed by atoms with Crippen LogP contribution < -0.4 is 4.74 Å². The molecule has 2 aromatic carbocycles. The molecule has 96 valence electrons. The molecule has 0 amide bonds. The highest BCUT2D eigenvalue weighted by Gasteiger charge is 2.13. The number of ether oxygens (including phenoxy) is 1. The average Bonchev–Trinajstić information content (AvgIpc) is 2.85. The molecule has 0 aliphatic carbocycles. The predicted molar refractivity (Wildman–Crippen MR) is 76.6 cm³/mol. The number of imidazole rings is 1. The molecule has 3 aromatic rings. The Balaban J connectivity index is 1.87. The van der Waals surface area contributed by atoms with Crippen molar-refractivity contribution in [3.8, 4) is 5.75 Å². The normalized spacial score (nSPS) is 12.5. The molecule has 0 spiro atoms. The zero-order valence-corrected chi connectivity index (χ0v) is 11.2. The molecule has 0 radical (unpaired) electrons. The molecular weight excluding hydrogens is 260 g/mol. The fraction of sp³-hybridized carbons (Fsp3) is 0.133. The summed E-state index contributed by atoms with van der Waals surface area (Å²) in [5.41, 5.74) is 1.94. The standard InChI is InChI=1S/C15H13ClN2O/c1-10(19-14-9-5-2-6-11(14)16)15-17-12-7-3-4-8-13(12)18-15/h2-10H,1H3,(H,17,18). The van der Waals surface area contributed by atoms with E-state index in [0.29, 0.717) is 10.8 Å². The van der Waals surface area contributed by atoms with Crippen molar-refractivity contribution in [3.63, 3.8) is 0 Å². The minimum absolute atomic E-state index is 0.188. The van der Waals surface area contributed by atoms with Crippen LogP contribution >= 0.6 is 11.6 Å². The van der Waals surface area contributed by atoms with Gasteiger partial charge in [0.25, 0.3) is 0 Å². The van der Waals surface area contributed by atoms with Gasteiger partial charge >= 0.3 is 0 Å². The quantitative estimate of drug-likeness (QED) is 0.769. The molecule has 0 aliphatic rings. The van der Waals surface area contributed by atoms with Gasteiger partial charge in [0.2, 0.25) is 0 Å². The van der Waals surface area contributed by atoms with Gasteiger partial charge in [0.15, 0.2) is 6.10 Å². The maximum atomic E-state index is 6.08. The monoisotopic (exact) mass is 272 g/mol. The Morgan fingerprint density at radius 2 is 1.84 bits per heavy atom. The van der Waals surface area contributed by atoms with Gasteiger partial charge in [-0.2, -0.15) is 0 Å². The zero-order chi connectivity index (χ0) is 13.2. The van der Waals surface area contributed by atoms with E-state index in [4.69, 9.17) is 16.3 Å². The van der Waals surface area contributed by atoms with Crippen molar-refractivity contribution >= 4 is 22.6 Å². The number of para-hydroxylation sites is 3. The number of halogens is 1. The van der Waals surface area contributed by atoms with Gasteiger partial charge < -0.3 is 9.72 Å². The van der Waals surface area contributed by atoms with E-state index in [1.807, 2.05) is 55.5 Å². The summed E-state index contributed by atoms with van der Waals surface area (Å²) in [6.45, 7) is 1.95. The molecule has 1 N–H and O–H groups in total. The molecule has 0 aliphatic heterocycles. The second-order valence-electron chi connectivity index (χ2n) is 4.33. The molecule has 0 saturated carbocycles. The maximum absolute atomic E-state index is 6.08. The molecule has 1 heterocycles. The summed E-state index contributed by atoms with van der Waals surface area (Å²) >= 11 is 6.08. The van der Waals surface area contributed by atoms with Crippen molar-refractivity contribution in [2.75, 3.05) is 0 Å². The van der Waals surface area contributed by atoms with Crippen LogP contribution in [-0.2, 0) is 0 Å². The summed E-state index contributed by atoms with van der Waals surface area (Å²) in [4.78, 5) is 7.77. The summed E-state index contributed by atoms with van der Waals surface area (Å²) in [6.07, 6.45) is -0.188. The zero-order valence-electron chi connectivity index (χ0n) is 10.4. The lowest BCUT2D eigenvalue weighted by atomic mass is 10.3. The minimum Gasteiger partial charge on any atom is -0.481 e. The summed E-state index contributed by atoms with van der Waals surface area (Å²) in [7, 11) is 0. The maximum Gasteiger partial charge on any atom is 0.153 e. The molecule has 3 nitrogen and oxygen atoms in total. The lowest BCUT2D eigenvalue weighted by molar-refractivity contribution is 0.218. The van der Waals surface area contributed by atoms with Crippen LogP contribution in [-0.4, -0.2) is 9.97 Å². The number of aromatic amines is 1. The summed E-state index contributed by atoms with van der Waals surface area (Å²) in [5, 5.41) is 0.602. The van der Waals surface area contributed by atoms with Crippen LogP contribution in [0.15, 0.2) is 48.5 Å². The van der Waals surface area contributed by atoms with E-state index in [0.717, 1.165) is 16.9 Å². The second-order valence-corrected chi connectivity index (χ2v) is 4.74. The number of hydrogen-bond acceptors (Lipinski definition) is 2. The van der Waals surface area contributed by atoms with Crippen molar-refractivity contribution in [2.45, 2.75) is 13.0 Å². The first-order valence-corrected chi connectivity index (χ1v) is 6.47. The molecule has 3 rings (SSSR count). The van der Waals surface area contributed by atoms with Crippen LogP contribution in [0.25, 0.3) is 11.0 Å². The Morgan fingerprint density at radius 1 is 1.11 bits per heavy atom. The van der Waals surface area contributed by atoms with E-state index in [1.54, 1.807) is 0 Å². The number of nitrogens with zero attached hydrogens (tertiary/aromatic N) is 1. The second kappa shape index (κ2) is 4.94. The first-order chi connectivity index (χ1) is 9.24. The highest BCUT2D eigenvalue weighted by atomic mass is 35.5. The largest absolute Gasteiger partial charge is 0.481 e. The third-order valence-electron chi connectivity index (χ3n) is 2.93. The predicted octanol–water partition coefficient (Wildman–Crippen LogP) is 4.36. The Morgan fingerprint density at radius 3 is 2.63 bits per heavy atom. The molecule has 19 heavy (non-hydrogen) atoms. The van der Waals surface area contributed by atoms with E-state index in [1.165, 1.54) is 0 Å². The van der Waals surface area contributed by atoms with Crippen molar-refractivity contribution in [1.82, 2.24) is 9.97 Å². The Hall–Kier alpha value is -2.00. The molecular formula is C15H13ClN2O. The fourth-order valence-electron chi connectivity index (χ4n) is 1.95. The van der Waals surface area contributed by atoms with Gasteiger partial charge in [0, 0.05) is 0 Å². The third kappa shape index (κ3) is 2.42. The van der Waals surface area contributed by atoms with Crippen molar-refractivity contribution in [1.29, 1.82) is 0 Å². The highest BCUT2D eigenvalue weighted by molar-refractivity contribution is 6.32. The van der Waals surface area contributed by atoms with Gasteiger partial charge in [-0.25, -0.2) is 4.98 Å². The lowest BCUT2D eigenvalue weighted by Crippen LogP contribution is -2.05. The third-order valence-corrected chi connectivity index (χ3v) is 3.25. The van der Waals surface area contributed by atoms with Crippen molar-refractivity contribution < 1.29 is 4.74 Å². The van der Waals surface area contributed by atoms with Crippen LogP contribution in [0, 0.1) is 0 Å². The molecule has 0 saturated heterocycles. The van der Waals surface area contributed by atoms with Gasteiger partial charge in [-0.3, -0.25) is 0 Å². The highest BCUT2D eigenvalue weighted by Crippen LogP contribution is 2.28. The molecule has 1 aromatic heterocycles. The smallest absolute Gasteiger partial charge is 0.153 e. The fourth-order valence-corrected chi connectivity index (χ4v) is 2.13. The van der Waals surface area contributed by atoms with Crippen molar-refractivity contribution in [3.05, 3.63) is 59.4 Å². The number of rotatable bonds is 3. The summed E-state index contributed by atoms with van der Waals surface area (Å²) in [6, 6.07) is 15.3. The summed E-state index contributed by atoms with van der Waals surface area (Å²) < 4.78 is 5.84. The average molecular weight is 273 g/mol. The minimum atomic E-state index is -0.188. The molecule has 1 unspecified atom stereocenters. The lowest BCUT2D eigenvalue weighted by Gasteiger charge is -2.13. The van der Waals surface area contributed by atoms with E-state index >= 15 is 0 Å². The SMILES string of the molecule is CC(Oc1ccccc1Cl)c1nc2ccccc2[nH]1. The van der Waals surface area contributed by atoms with E-state index in [2.05, 4.69) is 9.97 Å². The Bertz CT molecular complexity index is 675. The van der Waals surface area contributed by atoms with Crippen LogP contribution in [0.2, 0.25) is 5.02 Å². The van der Waals surface area contributed by atoms with Gasteiger partial charge in [-0.15, -0.1) is 0 Å². The number of nitrogens with one attached hydrogen (secondary N) is 1. The van der Waals surface area contributed by atoms with Gasteiger partial charge in [0.1, 0.15) is 11.6 Å². The molecule has 1 atom stereocenters. The molecule has 0 bridgehead atoms. The Labute approximate surface area is 116 Å². The van der Waals surface area contributed by atoms with Crippen LogP contribution in [0.3, 0.4) is 0 Å². The van der Waals surface area contributed by atoms with Crippen LogP contribution in [0.5, 0.6) is 5.75 Å². The number of fused-ring (bicyclic) bond motifs is 1. The first-order valence-electron chi connectivity index (χ1n) is 6.10. The van der Waals surface area contributed by atoms with Gasteiger partial charge in [0.05, 0.1) is 16.1 Å². The topological polar surface area (TPSA) is 37.9 Å². The number of hydrogen-bond donors (Lipinski definition) is 1. The van der Waals surface area contributed by atoms with Gasteiger partial charge in [-0.1, -0.05) is 35.9 Å². The van der Waals surface area contributed by atoms with Crippen molar-refractivity contribution in [2.24, 2.45) is 0 Å². The number of H-pyrrole nitrogens is 1. The number of aromatic nitrogens is 2.